The van der Waals surface area contributed by atoms with E-state index in [1.807, 2.05) is 60.7 Å². The number of hydrogen-bond donors (Lipinski definition) is 0. The van der Waals surface area contributed by atoms with Crippen LogP contribution in [0, 0.1) is 11.8 Å². The van der Waals surface area contributed by atoms with E-state index in [0.717, 1.165) is 44.2 Å². The third-order valence-corrected chi connectivity index (χ3v) is 4.37. The fraction of sp³-hybridized carbons (Fsp3) is 0.478. The lowest BCUT2D eigenvalue weighted by molar-refractivity contribution is 0.141. The SMILES string of the molecule is CN(C)CC(COc1ccccc1)CC(COc1ccccc1)CN(C)C. The number of ether oxygens (including phenoxy) is 2. The van der Waals surface area contributed by atoms with Crippen LogP contribution < -0.4 is 9.47 Å². The average molecular weight is 371 g/mol. The molecular weight excluding hydrogens is 336 g/mol. The van der Waals surface area contributed by atoms with Crippen molar-refractivity contribution in [1.82, 2.24) is 9.80 Å². The highest BCUT2D eigenvalue weighted by Crippen LogP contribution is 2.19. The lowest BCUT2D eigenvalue weighted by Crippen LogP contribution is -2.33. The zero-order valence-electron chi connectivity index (χ0n) is 17.2. The summed E-state index contributed by atoms with van der Waals surface area (Å²) in [5.74, 6) is 2.77. The molecule has 2 aromatic carbocycles. The second-order valence-corrected chi connectivity index (χ2v) is 7.74. The van der Waals surface area contributed by atoms with Gasteiger partial charge in [-0.3, -0.25) is 0 Å². The van der Waals surface area contributed by atoms with Crippen molar-refractivity contribution in [3.63, 3.8) is 0 Å². The number of nitrogens with zero attached hydrogens (tertiary/aromatic N) is 2. The summed E-state index contributed by atoms with van der Waals surface area (Å²) in [6, 6.07) is 20.1. The highest BCUT2D eigenvalue weighted by atomic mass is 16.5. The van der Waals surface area contributed by atoms with E-state index in [4.69, 9.17) is 9.47 Å². The molecule has 0 N–H and O–H groups in total. The molecule has 4 nitrogen and oxygen atoms in total. The predicted molar refractivity (Wildman–Crippen MR) is 113 cm³/mol. The molecule has 0 saturated heterocycles. The second kappa shape index (κ2) is 11.6. The van der Waals surface area contributed by atoms with E-state index < -0.39 is 0 Å². The molecule has 4 heteroatoms. The maximum absolute atomic E-state index is 6.06. The molecule has 0 bridgehead atoms. The molecule has 2 rings (SSSR count). The molecule has 0 heterocycles. The van der Waals surface area contributed by atoms with E-state index in [1.54, 1.807) is 0 Å². The Morgan fingerprint density at radius 1 is 0.630 bits per heavy atom. The first-order valence-electron chi connectivity index (χ1n) is 9.68. The van der Waals surface area contributed by atoms with Crippen molar-refractivity contribution in [3.05, 3.63) is 60.7 Å². The van der Waals surface area contributed by atoms with Crippen LogP contribution in [-0.4, -0.2) is 64.3 Å². The highest BCUT2D eigenvalue weighted by molar-refractivity contribution is 5.21. The summed E-state index contributed by atoms with van der Waals surface area (Å²) in [7, 11) is 8.49. The number of para-hydroxylation sites is 2. The van der Waals surface area contributed by atoms with Gasteiger partial charge in [-0.1, -0.05) is 36.4 Å². The van der Waals surface area contributed by atoms with Crippen LogP contribution in [0.25, 0.3) is 0 Å². The van der Waals surface area contributed by atoms with Crippen molar-refractivity contribution in [2.75, 3.05) is 54.5 Å². The van der Waals surface area contributed by atoms with Gasteiger partial charge in [-0.15, -0.1) is 0 Å². The monoisotopic (exact) mass is 370 g/mol. The van der Waals surface area contributed by atoms with Crippen LogP contribution >= 0.6 is 0 Å². The molecule has 2 unspecified atom stereocenters. The maximum Gasteiger partial charge on any atom is 0.119 e. The highest BCUT2D eigenvalue weighted by Gasteiger charge is 2.20. The van der Waals surface area contributed by atoms with Gasteiger partial charge in [0, 0.05) is 24.9 Å². The van der Waals surface area contributed by atoms with Gasteiger partial charge < -0.3 is 19.3 Å². The first-order valence-corrected chi connectivity index (χ1v) is 9.68. The van der Waals surface area contributed by atoms with Gasteiger partial charge in [-0.25, -0.2) is 0 Å². The van der Waals surface area contributed by atoms with Gasteiger partial charge in [0.15, 0.2) is 0 Å². The van der Waals surface area contributed by atoms with Crippen molar-refractivity contribution >= 4 is 0 Å². The fourth-order valence-electron chi connectivity index (χ4n) is 3.36. The van der Waals surface area contributed by atoms with Crippen LogP contribution in [0.15, 0.2) is 60.7 Å². The van der Waals surface area contributed by atoms with Crippen molar-refractivity contribution in [3.8, 4) is 11.5 Å². The molecule has 0 radical (unpaired) electrons. The Hall–Kier alpha value is -2.04. The van der Waals surface area contributed by atoms with Crippen LogP contribution in [0.2, 0.25) is 0 Å². The molecule has 0 saturated carbocycles. The van der Waals surface area contributed by atoms with Gasteiger partial charge in [-0.05, 0) is 58.9 Å². The summed E-state index contributed by atoms with van der Waals surface area (Å²) >= 11 is 0. The van der Waals surface area contributed by atoms with Gasteiger partial charge in [-0.2, -0.15) is 0 Å². The molecule has 0 aliphatic rings. The van der Waals surface area contributed by atoms with Gasteiger partial charge in [0.2, 0.25) is 0 Å². The van der Waals surface area contributed by atoms with Crippen LogP contribution in [0.5, 0.6) is 11.5 Å². The van der Waals surface area contributed by atoms with Crippen LogP contribution in [0.4, 0.5) is 0 Å². The molecule has 148 valence electrons. The quantitative estimate of drug-likeness (QED) is 0.566. The molecule has 0 fully saturated rings. The van der Waals surface area contributed by atoms with Crippen molar-refractivity contribution in [1.29, 1.82) is 0 Å². The minimum Gasteiger partial charge on any atom is -0.493 e. The van der Waals surface area contributed by atoms with Crippen LogP contribution in [0.1, 0.15) is 6.42 Å². The molecular formula is C23H34N2O2. The smallest absolute Gasteiger partial charge is 0.119 e. The third-order valence-electron chi connectivity index (χ3n) is 4.37. The lowest BCUT2D eigenvalue weighted by Gasteiger charge is -2.28. The summed E-state index contributed by atoms with van der Waals surface area (Å²) < 4.78 is 12.1. The van der Waals surface area contributed by atoms with E-state index in [2.05, 4.69) is 38.0 Å². The fourth-order valence-corrected chi connectivity index (χ4v) is 3.36. The molecule has 2 aromatic rings. The van der Waals surface area contributed by atoms with Gasteiger partial charge in [0.25, 0.3) is 0 Å². The summed E-state index contributed by atoms with van der Waals surface area (Å²) in [4.78, 5) is 4.48. The molecule has 0 amide bonds. The largest absolute Gasteiger partial charge is 0.493 e. The third kappa shape index (κ3) is 8.94. The minimum atomic E-state index is 0.449. The minimum absolute atomic E-state index is 0.449. The summed E-state index contributed by atoms with van der Waals surface area (Å²) in [6.45, 7) is 3.44. The molecule has 0 aliphatic heterocycles. The Balaban J connectivity index is 1.95. The average Bonchev–Trinajstić information content (AvgIpc) is 2.65. The van der Waals surface area contributed by atoms with Crippen molar-refractivity contribution in [2.24, 2.45) is 11.8 Å². The summed E-state index contributed by atoms with van der Waals surface area (Å²) in [6.07, 6.45) is 1.07. The standard InChI is InChI=1S/C23H34N2O2/c1-24(2)16-20(18-26-22-11-7-5-8-12-22)15-21(17-25(3)4)19-27-23-13-9-6-10-14-23/h5-14,20-21H,15-19H2,1-4H3. The molecule has 0 spiro atoms. The molecule has 0 aromatic heterocycles. The van der Waals surface area contributed by atoms with E-state index in [1.165, 1.54) is 0 Å². The maximum atomic E-state index is 6.06. The molecule has 27 heavy (non-hydrogen) atoms. The van der Waals surface area contributed by atoms with E-state index >= 15 is 0 Å². The van der Waals surface area contributed by atoms with E-state index in [9.17, 15) is 0 Å². The Morgan fingerprint density at radius 3 is 1.33 bits per heavy atom. The Morgan fingerprint density at radius 2 is 1.00 bits per heavy atom. The van der Waals surface area contributed by atoms with E-state index in [0.29, 0.717) is 11.8 Å². The Labute approximate surface area is 164 Å². The first kappa shape index (κ1) is 21.3. The van der Waals surface area contributed by atoms with E-state index in [-0.39, 0.29) is 0 Å². The van der Waals surface area contributed by atoms with Crippen LogP contribution in [-0.2, 0) is 0 Å². The normalized spacial score (nSPS) is 13.6. The molecule has 2 atom stereocenters. The summed E-state index contributed by atoms with van der Waals surface area (Å²) in [5, 5.41) is 0. The van der Waals surface area contributed by atoms with Crippen molar-refractivity contribution in [2.45, 2.75) is 6.42 Å². The number of benzene rings is 2. The van der Waals surface area contributed by atoms with Crippen molar-refractivity contribution < 1.29 is 9.47 Å². The second-order valence-electron chi connectivity index (χ2n) is 7.74. The lowest BCUT2D eigenvalue weighted by atomic mass is 9.94. The first-order chi connectivity index (χ1) is 13.0. The zero-order valence-corrected chi connectivity index (χ0v) is 17.2. The molecule has 0 aliphatic carbocycles. The van der Waals surface area contributed by atoms with Gasteiger partial charge in [0.1, 0.15) is 11.5 Å². The predicted octanol–water partition coefficient (Wildman–Crippen LogP) is 3.89. The topological polar surface area (TPSA) is 24.9 Å². The van der Waals surface area contributed by atoms with Gasteiger partial charge in [0.05, 0.1) is 13.2 Å². The zero-order chi connectivity index (χ0) is 19.5. The number of hydrogen-bond acceptors (Lipinski definition) is 4. The Bertz CT molecular complexity index is 561. The Kier molecular flexibility index (Phi) is 9.16. The number of rotatable bonds is 12. The summed E-state index contributed by atoms with van der Waals surface area (Å²) in [5.41, 5.74) is 0. The van der Waals surface area contributed by atoms with Crippen LogP contribution in [0.3, 0.4) is 0 Å². The van der Waals surface area contributed by atoms with Gasteiger partial charge >= 0.3 is 0 Å².